The minimum absolute atomic E-state index is 0.600. The Hall–Kier alpha value is -2.44. The van der Waals surface area contributed by atoms with E-state index in [0.717, 1.165) is 30.3 Å². The van der Waals surface area contributed by atoms with Crippen LogP contribution in [0, 0.1) is 6.92 Å². The van der Waals surface area contributed by atoms with Crippen LogP contribution in [-0.4, -0.2) is 41.1 Å². The SMILES string of the molecule is Cc1ccsc1-c1ccnc(Nc2ccc(OCCN3CCCC3)cc2)n1. The first-order valence-electron chi connectivity index (χ1n) is 9.38. The van der Waals surface area contributed by atoms with Crippen LogP contribution in [0.2, 0.25) is 0 Å². The molecule has 140 valence electrons. The van der Waals surface area contributed by atoms with Crippen molar-refractivity contribution >= 4 is 23.0 Å². The van der Waals surface area contributed by atoms with E-state index in [1.54, 1.807) is 17.5 Å². The van der Waals surface area contributed by atoms with E-state index >= 15 is 0 Å². The lowest BCUT2D eigenvalue weighted by Crippen LogP contribution is -2.25. The van der Waals surface area contributed by atoms with Crippen molar-refractivity contribution in [1.29, 1.82) is 0 Å². The number of hydrogen-bond donors (Lipinski definition) is 1. The first-order chi connectivity index (χ1) is 13.3. The molecule has 0 aliphatic carbocycles. The lowest BCUT2D eigenvalue weighted by molar-refractivity contribution is 0.238. The van der Waals surface area contributed by atoms with Crippen molar-refractivity contribution in [3.05, 3.63) is 53.5 Å². The van der Waals surface area contributed by atoms with Crippen LogP contribution in [0.25, 0.3) is 10.6 Å². The fourth-order valence-corrected chi connectivity index (χ4v) is 4.14. The number of aromatic nitrogens is 2. The number of likely N-dealkylation sites (tertiary alicyclic amines) is 1. The Bertz CT molecular complexity index is 872. The Labute approximate surface area is 164 Å². The van der Waals surface area contributed by atoms with Crippen LogP contribution < -0.4 is 10.1 Å². The molecule has 1 N–H and O–H groups in total. The second-order valence-corrected chi connectivity index (χ2v) is 7.66. The van der Waals surface area contributed by atoms with Gasteiger partial charge < -0.3 is 10.1 Å². The number of hydrogen-bond acceptors (Lipinski definition) is 6. The van der Waals surface area contributed by atoms with Crippen LogP contribution in [0.1, 0.15) is 18.4 Å². The molecule has 0 spiro atoms. The highest BCUT2D eigenvalue weighted by molar-refractivity contribution is 7.13. The van der Waals surface area contributed by atoms with Gasteiger partial charge in [-0.25, -0.2) is 9.97 Å². The fourth-order valence-electron chi connectivity index (χ4n) is 3.24. The van der Waals surface area contributed by atoms with Gasteiger partial charge >= 0.3 is 0 Å². The molecule has 27 heavy (non-hydrogen) atoms. The maximum Gasteiger partial charge on any atom is 0.227 e. The minimum Gasteiger partial charge on any atom is -0.492 e. The van der Waals surface area contributed by atoms with E-state index in [4.69, 9.17) is 4.74 Å². The van der Waals surface area contributed by atoms with Crippen molar-refractivity contribution in [2.45, 2.75) is 19.8 Å². The third-order valence-electron chi connectivity index (χ3n) is 4.74. The molecule has 0 unspecified atom stereocenters. The van der Waals surface area contributed by atoms with Crippen molar-refractivity contribution < 1.29 is 4.74 Å². The van der Waals surface area contributed by atoms with Gasteiger partial charge in [-0.1, -0.05) is 0 Å². The van der Waals surface area contributed by atoms with Crippen LogP contribution in [0.5, 0.6) is 5.75 Å². The summed E-state index contributed by atoms with van der Waals surface area (Å²) in [6.07, 6.45) is 4.42. The normalized spacial score (nSPS) is 14.4. The van der Waals surface area contributed by atoms with E-state index in [2.05, 4.69) is 38.6 Å². The van der Waals surface area contributed by atoms with Crippen molar-refractivity contribution in [3.8, 4) is 16.3 Å². The van der Waals surface area contributed by atoms with E-state index in [1.807, 2.05) is 30.3 Å². The zero-order valence-corrected chi connectivity index (χ0v) is 16.3. The number of anilines is 2. The Balaban J connectivity index is 1.35. The lowest BCUT2D eigenvalue weighted by Gasteiger charge is -2.15. The summed E-state index contributed by atoms with van der Waals surface area (Å²) in [5.41, 5.74) is 3.13. The first-order valence-corrected chi connectivity index (χ1v) is 10.3. The van der Waals surface area contributed by atoms with Gasteiger partial charge in [0.1, 0.15) is 12.4 Å². The fraction of sp³-hybridized carbons (Fsp3) is 0.333. The van der Waals surface area contributed by atoms with Gasteiger partial charge in [0.05, 0.1) is 10.6 Å². The molecule has 0 atom stereocenters. The summed E-state index contributed by atoms with van der Waals surface area (Å²) in [5, 5.41) is 5.36. The van der Waals surface area contributed by atoms with Gasteiger partial charge in [0.15, 0.2) is 0 Å². The van der Waals surface area contributed by atoms with E-state index < -0.39 is 0 Å². The van der Waals surface area contributed by atoms with Crippen LogP contribution in [-0.2, 0) is 0 Å². The first kappa shape index (κ1) is 17.9. The van der Waals surface area contributed by atoms with Crippen LogP contribution in [0.4, 0.5) is 11.6 Å². The molecule has 1 aliphatic rings. The molecule has 1 fully saturated rings. The number of nitrogens with zero attached hydrogens (tertiary/aromatic N) is 3. The second kappa shape index (κ2) is 8.50. The highest BCUT2D eigenvalue weighted by atomic mass is 32.1. The highest BCUT2D eigenvalue weighted by Crippen LogP contribution is 2.28. The molecule has 1 aliphatic heterocycles. The Morgan fingerprint density at radius 2 is 1.93 bits per heavy atom. The molecular formula is C21H24N4OS. The van der Waals surface area contributed by atoms with Gasteiger partial charge in [0.25, 0.3) is 0 Å². The molecule has 4 rings (SSSR count). The molecule has 1 aromatic carbocycles. The average molecular weight is 381 g/mol. The lowest BCUT2D eigenvalue weighted by atomic mass is 10.2. The molecule has 1 saturated heterocycles. The quantitative estimate of drug-likeness (QED) is 0.642. The molecule has 0 radical (unpaired) electrons. The molecular weight excluding hydrogens is 356 g/mol. The summed E-state index contributed by atoms with van der Waals surface area (Å²) in [4.78, 5) is 12.6. The number of aryl methyl sites for hydroxylation is 1. The Kier molecular flexibility index (Phi) is 5.65. The van der Waals surface area contributed by atoms with Crippen molar-refractivity contribution in [2.24, 2.45) is 0 Å². The molecule has 3 heterocycles. The van der Waals surface area contributed by atoms with Gasteiger partial charge in [-0.3, -0.25) is 4.90 Å². The average Bonchev–Trinajstić information content (AvgIpc) is 3.35. The monoisotopic (exact) mass is 380 g/mol. The third kappa shape index (κ3) is 4.64. The molecule has 5 nitrogen and oxygen atoms in total. The molecule has 6 heteroatoms. The summed E-state index contributed by atoms with van der Waals surface area (Å²) in [5.74, 6) is 1.49. The molecule has 3 aromatic rings. The number of rotatable bonds is 7. The zero-order valence-electron chi connectivity index (χ0n) is 15.5. The maximum absolute atomic E-state index is 5.86. The Morgan fingerprint density at radius 3 is 2.67 bits per heavy atom. The molecule has 0 amide bonds. The van der Waals surface area contributed by atoms with E-state index in [-0.39, 0.29) is 0 Å². The second-order valence-electron chi connectivity index (χ2n) is 6.74. The molecule has 0 bridgehead atoms. The summed E-state index contributed by atoms with van der Waals surface area (Å²) in [6, 6.07) is 12.0. The van der Waals surface area contributed by atoms with E-state index in [1.165, 1.54) is 36.4 Å². The predicted octanol–water partition coefficient (Wildman–Crippen LogP) is 4.73. The minimum atomic E-state index is 0.600. The maximum atomic E-state index is 5.86. The number of thiophene rings is 1. The van der Waals surface area contributed by atoms with Gasteiger partial charge in [0.2, 0.25) is 5.95 Å². The summed E-state index contributed by atoms with van der Waals surface area (Å²) in [7, 11) is 0. The number of benzene rings is 1. The van der Waals surface area contributed by atoms with E-state index in [0.29, 0.717) is 5.95 Å². The van der Waals surface area contributed by atoms with Crippen LogP contribution in [0.15, 0.2) is 48.0 Å². The largest absolute Gasteiger partial charge is 0.492 e. The predicted molar refractivity (Wildman–Crippen MR) is 111 cm³/mol. The number of nitrogens with one attached hydrogen (secondary N) is 1. The molecule has 2 aromatic heterocycles. The van der Waals surface area contributed by atoms with Crippen LogP contribution in [0.3, 0.4) is 0 Å². The summed E-state index contributed by atoms with van der Waals surface area (Å²) >= 11 is 1.70. The summed E-state index contributed by atoms with van der Waals surface area (Å²) in [6.45, 7) is 6.25. The van der Waals surface area contributed by atoms with Gasteiger partial charge in [-0.15, -0.1) is 11.3 Å². The van der Waals surface area contributed by atoms with Crippen molar-refractivity contribution in [1.82, 2.24) is 14.9 Å². The Morgan fingerprint density at radius 1 is 1.11 bits per heavy atom. The third-order valence-corrected chi connectivity index (χ3v) is 5.77. The number of ether oxygens (including phenoxy) is 1. The van der Waals surface area contributed by atoms with E-state index in [9.17, 15) is 0 Å². The van der Waals surface area contributed by atoms with Crippen LogP contribution >= 0.6 is 11.3 Å². The van der Waals surface area contributed by atoms with Crippen molar-refractivity contribution in [2.75, 3.05) is 31.6 Å². The van der Waals surface area contributed by atoms with Gasteiger partial charge in [-0.05, 0) is 80.2 Å². The van der Waals surface area contributed by atoms with Crippen molar-refractivity contribution in [3.63, 3.8) is 0 Å². The van der Waals surface area contributed by atoms with Gasteiger partial charge in [0, 0.05) is 18.4 Å². The van der Waals surface area contributed by atoms with Gasteiger partial charge in [-0.2, -0.15) is 0 Å². The topological polar surface area (TPSA) is 50.3 Å². The highest BCUT2D eigenvalue weighted by Gasteiger charge is 2.11. The zero-order chi connectivity index (χ0) is 18.5. The smallest absolute Gasteiger partial charge is 0.227 e. The summed E-state index contributed by atoms with van der Waals surface area (Å²) < 4.78 is 5.86. The standard InChI is InChI=1S/C21H24N4OS/c1-16-9-15-27-20(16)19-8-10-22-21(24-19)23-17-4-6-18(7-5-17)26-14-13-25-11-2-3-12-25/h4-10,15H,2-3,11-14H2,1H3,(H,22,23,24). The molecule has 0 saturated carbocycles.